The first-order chi connectivity index (χ1) is 7.77. The molecule has 0 fully saturated rings. The smallest absolute Gasteiger partial charge is 0.250 e. The van der Waals surface area contributed by atoms with Crippen molar-refractivity contribution < 1.29 is 4.79 Å². The summed E-state index contributed by atoms with van der Waals surface area (Å²) in [5.41, 5.74) is 7.42. The quantitative estimate of drug-likeness (QED) is 0.832. The molecule has 16 heavy (non-hydrogen) atoms. The Balaban J connectivity index is 2.31. The number of carbonyl (C=O) groups excluding carboxylic acids is 1. The van der Waals surface area contributed by atoms with E-state index in [2.05, 4.69) is 9.97 Å². The molecule has 2 heterocycles. The lowest BCUT2D eigenvalue weighted by Gasteiger charge is -2.04. The van der Waals surface area contributed by atoms with Crippen LogP contribution in [0, 0.1) is 0 Å². The molecule has 0 atom stereocenters. The van der Waals surface area contributed by atoms with Crippen molar-refractivity contribution in [1.82, 2.24) is 9.97 Å². The van der Waals surface area contributed by atoms with E-state index in [-0.39, 0.29) is 0 Å². The Morgan fingerprint density at radius 1 is 1.25 bits per heavy atom. The minimum atomic E-state index is -0.452. The van der Waals surface area contributed by atoms with Gasteiger partial charge in [-0.15, -0.1) is 0 Å². The van der Waals surface area contributed by atoms with Crippen molar-refractivity contribution >= 4 is 5.91 Å². The van der Waals surface area contributed by atoms with Crippen LogP contribution in [-0.4, -0.2) is 15.9 Å². The maximum atomic E-state index is 11.2. The van der Waals surface area contributed by atoms with E-state index in [0.29, 0.717) is 17.7 Å². The van der Waals surface area contributed by atoms with Gasteiger partial charge in [-0.25, -0.2) is 0 Å². The van der Waals surface area contributed by atoms with Gasteiger partial charge in [0.15, 0.2) is 0 Å². The molecule has 0 aromatic carbocycles. The predicted molar refractivity (Wildman–Crippen MR) is 59.8 cm³/mol. The topological polar surface area (TPSA) is 68.9 Å². The molecule has 0 aliphatic rings. The van der Waals surface area contributed by atoms with Gasteiger partial charge in [-0.2, -0.15) is 0 Å². The van der Waals surface area contributed by atoms with Crippen LogP contribution in [0.4, 0.5) is 0 Å². The van der Waals surface area contributed by atoms with Gasteiger partial charge in [0, 0.05) is 25.0 Å². The SMILES string of the molecule is NC(=O)c1cccnc1Cc1cccnc1. The zero-order chi connectivity index (χ0) is 11.4. The number of primary amides is 1. The Labute approximate surface area is 93.2 Å². The van der Waals surface area contributed by atoms with E-state index in [4.69, 9.17) is 5.73 Å². The van der Waals surface area contributed by atoms with E-state index in [0.717, 1.165) is 5.56 Å². The van der Waals surface area contributed by atoms with Gasteiger partial charge in [-0.1, -0.05) is 6.07 Å². The molecule has 0 aliphatic carbocycles. The van der Waals surface area contributed by atoms with E-state index in [9.17, 15) is 4.79 Å². The molecule has 0 unspecified atom stereocenters. The molecule has 2 aromatic heterocycles. The Morgan fingerprint density at radius 3 is 2.75 bits per heavy atom. The van der Waals surface area contributed by atoms with E-state index in [1.807, 2.05) is 12.1 Å². The van der Waals surface area contributed by atoms with Crippen LogP contribution in [0.25, 0.3) is 0 Å². The molecule has 4 nitrogen and oxygen atoms in total. The first kappa shape index (κ1) is 10.3. The van der Waals surface area contributed by atoms with E-state index in [1.54, 1.807) is 30.7 Å². The van der Waals surface area contributed by atoms with Crippen LogP contribution in [-0.2, 0) is 6.42 Å². The molecule has 80 valence electrons. The van der Waals surface area contributed by atoms with Gasteiger partial charge in [0.1, 0.15) is 0 Å². The zero-order valence-electron chi connectivity index (χ0n) is 8.63. The Kier molecular flexibility index (Phi) is 2.91. The third-order valence-corrected chi connectivity index (χ3v) is 2.25. The van der Waals surface area contributed by atoms with Crippen LogP contribution >= 0.6 is 0 Å². The van der Waals surface area contributed by atoms with E-state index < -0.39 is 5.91 Å². The second-order valence-corrected chi connectivity index (χ2v) is 3.40. The summed E-state index contributed by atoms with van der Waals surface area (Å²) in [7, 11) is 0. The van der Waals surface area contributed by atoms with Crippen molar-refractivity contribution in [2.45, 2.75) is 6.42 Å². The van der Waals surface area contributed by atoms with Crippen LogP contribution in [0.2, 0.25) is 0 Å². The molecule has 0 bridgehead atoms. The summed E-state index contributed by atoms with van der Waals surface area (Å²) in [4.78, 5) is 19.4. The highest BCUT2D eigenvalue weighted by atomic mass is 16.1. The van der Waals surface area contributed by atoms with E-state index >= 15 is 0 Å². The fraction of sp³-hybridized carbons (Fsp3) is 0.0833. The monoisotopic (exact) mass is 213 g/mol. The number of carbonyl (C=O) groups is 1. The number of hydrogen-bond donors (Lipinski definition) is 1. The normalized spacial score (nSPS) is 10.0. The highest BCUT2D eigenvalue weighted by molar-refractivity contribution is 5.93. The summed E-state index contributed by atoms with van der Waals surface area (Å²) in [6, 6.07) is 7.17. The number of nitrogens with two attached hydrogens (primary N) is 1. The van der Waals surface area contributed by atoms with Gasteiger partial charge in [-0.05, 0) is 23.8 Å². The highest BCUT2D eigenvalue weighted by Gasteiger charge is 2.08. The molecular weight excluding hydrogens is 202 g/mol. The van der Waals surface area contributed by atoms with Gasteiger partial charge in [0.05, 0.1) is 11.3 Å². The number of amides is 1. The Morgan fingerprint density at radius 2 is 2.06 bits per heavy atom. The average molecular weight is 213 g/mol. The average Bonchev–Trinajstić information content (AvgIpc) is 2.31. The maximum Gasteiger partial charge on any atom is 0.250 e. The van der Waals surface area contributed by atoms with Gasteiger partial charge in [0.2, 0.25) is 0 Å². The first-order valence-corrected chi connectivity index (χ1v) is 4.90. The number of rotatable bonds is 3. The van der Waals surface area contributed by atoms with Crippen LogP contribution in [0.15, 0.2) is 42.9 Å². The third kappa shape index (κ3) is 2.23. The van der Waals surface area contributed by atoms with Gasteiger partial charge in [-0.3, -0.25) is 14.8 Å². The molecule has 0 spiro atoms. The fourth-order valence-electron chi connectivity index (χ4n) is 1.50. The molecule has 2 N–H and O–H groups in total. The summed E-state index contributed by atoms with van der Waals surface area (Å²) < 4.78 is 0. The first-order valence-electron chi connectivity index (χ1n) is 4.90. The molecule has 0 radical (unpaired) electrons. The molecular formula is C12H11N3O. The van der Waals surface area contributed by atoms with Crippen LogP contribution in [0.5, 0.6) is 0 Å². The van der Waals surface area contributed by atoms with Crippen molar-refractivity contribution in [3.8, 4) is 0 Å². The minimum absolute atomic E-state index is 0.452. The van der Waals surface area contributed by atoms with Gasteiger partial charge < -0.3 is 5.73 Å². The standard InChI is InChI=1S/C12H11N3O/c13-12(16)10-4-2-6-15-11(10)7-9-3-1-5-14-8-9/h1-6,8H,7H2,(H2,13,16). The zero-order valence-corrected chi connectivity index (χ0v) is 8.63. The van der Waals surface area contributed by atoms with Gasteiger partial charge >= 0.3 is 0 Å². The molecule has 1 amide bonds. The maximum absolute atomic E-state index is 11.2. The lowest BCUT2D eigenvalue weighted by Crippen LogP contribution is -2.14. The second kappa shape index (κ2) is 4.53. The van der Waals surface area contributed by atoms with Gasteiger partial charge in [0.25, 0.3) is 5.91 Å². The molecule has 2 rings (SSSR count). The van der Waals surface area contributed by atoms with Crippen molar-refractivity contribution in [1.29, 1.82) is 0 Å². The van der Waals surface area contributed by atoms with Crippen molar-refractivity contribution in [3.05, 3.63) is 59.7 Å². The fourth-order valence-corrected chi connectivity index (χ4v) is 1.50. The van der Waals surface area contributed by atoms with E-state index in [1.165, 1.54) is 0 Å². The molecule has 0 saturated heterocycles. The summed E-state index contributed by atoms with van der Waals surface area (Å²) >= 11 is 0. The third-order valence-electron chi connectivity index (χ3n) is 2.25. The van der Waals surface area contributed by atoms with Crippen molar-refractivity contribution in [3.63, 3.8) is 0 Å². The van der Waals surface area contributed by atoms with Crippen LogP contribution < -0.4 is 5.73 Å². The minimum Gasteiger partial charge on any atom is -0.366 e. The summed E-state index contributed by atoms with van der Waals surface area (Å²) in [5.74, 6) is -0.452. The number of aromatic nitrogens is 2. The highest BCUT2D eigenvalue weighted by Crippen LogP contribution is 2.10. The Hall–Kier alpha value is -2.23. The van der Waals surface area contributed by atoms with Crippen molar-refractivity contribution in [2.75, 3.05) is 0 Å². The lowest BCUT2D eigenvalue weighted by molar-refractivity contribution is 0.0999. The lowest BCUT2D eigenvalue weighted by atomic mass is 10.1. The number of hydrogen-bond acceptors (Lipinski definition) is 3. The number of nitrogens with zero attached hydrogens (tertiary/aromatic N) is 2. The predicted octanol–water partition coefficient (Wildman–Crippen LogP) is 1.17. The molecule has 0 saturated carbocycles. The summed E-state index contributed by atoms with van der Waals surface area (Å²) in [6.07, 6.45) is 5.67. The molecule has 4 heteroatoms. The molecule has 2 aromatic rings. The molecule has 0 aliphatic heterocycles. The van der Waals surface area contributed by atoms with Crippen LogP contribution in [0.1, 0.15) is 21.6 Å². The van der Waals surface area contributed by atoms with Crippen LogP contribution in [0.3, 0.4) is 0 Å². The Bertz CT molecular complexity index is 497. The largest absolute Gasteiger partial charge is 0.366 e. The van der Waals surface area contributed by atoms with Crippen molar-refractivity contribution in [2.24, 2.45) is 5.73 Å². The number of pyridine rings is 2. The second-order valence-electron chi connectivity index (χ2n) is 3.40. The summed E-state index contributed by atoms with van der Waals surface area (Å²) in [6.45, 7) is 0. The summed E-state index contributed by atoms with van der Waals surface area (Å²) in [5, 5.41) is 0.